The quantitative estimate of drug-likeness (QED) is 0.829. The zero-order valence-corrected chi connectivity index (χ0v) is 12.4. The first-order valence-electron chi connectivity index (χ1n) is 5.62. The van der Waals surface area contributed by atoms with Crippen LogP contribution in [0.2, 0.25) is 10.0 Å². The van der Waals surface area contributed by atoms with Gasteiger partial charge >= 0.3 is 0 Å². The summed E-state index contributed by atoms with van der Waals surface area (Å²) in [7, 11) is 0. The van der Waals surface area contributed by atoms with Crippen LogP contribution in [0.15, 0.2) is 17.1 Å². The van der Waals surface area contributed by atoms with E-state index in [1.54, 1.807) is 13.0 Å². The summed E-state index contributed by atoms with van der Waals surface area (Å²) in [6.07, 6.45) is 0.395. The molecule has 0 aliphatic rings. The molecule has 0 unspecified atom stereocenters. The molecule has 0 fully saturated rings. The highest BCUT2D eigenvalue weighted by Gasteiger charge is 2.10. The lowest BCUT2D eigenvalue weighted by atomic mass is 10.3. The maximum absolute atomic E-state index is 11.4. The van der Waals surface area contributed by atoms with Gasteiger partial charge in [0.1, 0.15) is 0 Å². The standard InChI is InChI=1S/C12H12Cl2N2OS/c1-3-10(17)15-12-16(4-2)11-8(14)5-7(13)6-9(11)18-12/h5-6H,3-4H2,1-2H3. The molecule has 6 heteroatoms. The lowest BCUT2D eigenvalue weighted by Gasteiger charge is -2.02. The molecule has 0 saturated heterocycles. The van der Waals surface area contributed by atoms with Crippen molar-refractivity contribution in [3.63, 3.8) is 0 Å². The van der Waals surface area contributed by atoms with Crippen molar-refractivity contribution in [2.24, 2.45) is 4.99 Å². The molecule has 0 radical (unpaired) electrons. The summed E-state index contributed by atoms with van der Waals surface area (Å²) in [5.74, 6) is -0.133. The molecular formula is C12H12Cl2N2OS. The first-order valence-corrected chi connectivity index (χ1v) is 7.20. The topological polar surface area (TPSA) is 34.4 Å². The Hall–Kier alpha value is -0.840. The van der Waals surface area contributed by atoms with Crippen LogP contribution >= 0.6 is 34.5 Å². The number of aromatic nitrogens is 1. The number of thiazole rings is 1. The molecule has 3 nitrogen and oxygen atoms in total. The van der Waals surface area contributed by atoms with E-state index in [0.29, 0.717) is 27.8 Å². The van der Waals surface area contributed by atoms with Crippen LogP contribution in [-0.2, 0) is 11.3 Å². The number of hydrogen-bond donors (Lipinski definition) is 0. The second kappa shape index (κ2) is 5.43. The fourth-order valence-electron chi connectivity index (χ4n) is 1.69. The van der Waals surface area contributed by atoms with Crippen molar-refractivity contribution in [3.05, 3.63) is 27.0 Å². The van der Waals surface area contributed by atoms with Gasteiger partial charge < -0.3 is 4.57 Å². The van der Waals surface area contributed by atoms with Gasteiger partial charge in [0.05, 0.1) is 15.2 Å². The predicted octanol–water partition coefficient (Wildman–Crippen LogP) is 3.87. The van der Waals surface area contributed by atoms with Gasteiger partial charge in [-0.3, -0.25) is 4.79 Å². The second-order valence-corrected chi connectivity index (χ2v) is 5.58. The molecule has 2 aromatic rings. The van der Waals surface area contributed by atoms with Gasteiger partial charge in [-0.25, -0.2) is 0 Å². The highest BCUT2D eigenvalue weighted by Crippen LogP contribution is 2.29. The van der Waals surface area contributed by atoms with Crippen molar-refractivity contribution < 1.29 is 4.79 Å². The normalized spacial score (nSPS) is 12.3. The van der Waals surface area contributed by atoms with E-state index < -0.39 is 0 Å². The van der Waals surface area contributed by atoms with Crippen molar-refractivity contribution >= 4 is 50.7 Å². The molecule has 1 heterocycles. The van der Waals surface area contributed by atoms with E-state index in [4.69, 9.17) is 23.2 Å². The smallest absolute Gasteiger partial charge is 0.248 e. The Bertz CT molecular complexity index is 673. The average Bonchev–Trinajstić information content (AvgIpc) is 2.66. The first-order chi connectivity index (χ1) is 8.56. The first kappa shape index (κ1) is 13.6. The minimum absolute atomic E-state index is 0.133. The summed E-state index contributed by atoms with van der Waals surface area (Å²) in [4.78, 5) is 16.2. The van der Waals surface area contributed by atoms with Crippen molar-refractivity contribution in [2.75, 3.05) is 0 Å². The number of carbonyl (C=O) groups is 1. The van der Waals surface area contributed by atoms with Crippen LogP contribution in [0.3, 0.4) is 0 Å². The van der Waals surface area contributed by atoms with E-state index in [1.807, 2.05) is 17.6 Å². The van der Waals surface area contributed by atoms with Gasteiger partial charge in [0.15, 0.2) is 4.80 Å². The third kappa shape index (κ3) is 2.46. The van der Waals surface area contributed by atoms with Gasteiger partial charge in [0.25, 0.3) is 0 Å². The SMILES string of the molecule is CCC(=O)N=c1sc2cc(Cl)cc(Cl)c2n1CC. The lowest BCUT2D eigenvalue weighted by Crippen LogP contribution is -2.15. The van der Waals surface area contributed by atoms with Crippen molar-refractivity contribution in [1.82, 2.24) is 4.57 Å². The molecule has 18 heavy (non-hydrogen) atoms. The van der Waals surface area contributed by atoms with Crippen LogP contribution < -0.4 is 4.80 Å². The Labute approximate surface area is 119 Å². The number of hydrogen-bond acceptors (Lipinski definition) is 2. The number of benzene rings is 1. The summed E-state index contributed by atoms with van der Waals surface area (Å²) < 4.78 is 2.88. The van der Waals surface area contributed by atoms with Crippen LogP contribution in [0.1, 0.15) is 20.3 Å². The third-order valence-corrected chi connectivity index (χ3v) is 4.07. The van der Waals surface area contributed by atoms with E-state index in [1.165, 1.54) is 11.3 Å². The van der Waals surface area contributed by atoms with Crippen molar-refractivity contribution in [1.29, 1.82) is 0 Å². The number of amides is 1. The molecular weight excluding hydrogens is 291 g/mol. The minimum atomic E-state index is -0.133. The van der Waals surface area contributed by atoms with E-state index >= 15 is 0 Å². The Morgan fingerprint density at radius 2 is 2.11 bits per heavy atom. The van der Waals surface area contributed by atoms with Gasteiger partial charge in [-0.15, -0.1) is 0 Å². The van der Waals surface area contributed by atoms with E-state index in [2.05, 4.69) is 4.99 Å². The van der Waals surface area contributed by atoms with Crippen molar-refractivity contribution in [3.8, 4) is 0 Å². The lowest BCUT2D eigenvalue weighted by molar-refractivity contribution is -0.117. The fraction of sp³-hybridized carbons (Fsp3) is 0.333. The van der Waals surface area contributed by atoms with Crippen molar-refractivity contribution in [2.45, 2.75) is 26.8 Å². The zero-order valence-electron chi connectivity index (χ0n) is 10.0. The molecule has 0 aliphatic heterocycles. The Morgan fingerprint density at radius 1 is 1.39 bits per heavy atom. The van der Waals surface area contributed by atoms with Crippen LogP contribution in [0.4, 0.5) is 0 Å². The molecule has 1 amide bonds. The summed E-state index contributed by atoms with van der Waals surface area (Å²) in [5, 5.41) is 1.17. The fourth-order valence-corrected chi connectivity index (χ4v) is 3.59. The monoisotopic (exact) mass is 302 g/mol. The molecule has 1 aromatic heterocycles. The maximum Gasteiger partial charge on any atom is 0.248 e. The Balaban J connectivity index is 2.81. The maximum atomic E-state index is 11.4. The number of nitrogens with zero attached hydrogens (tertiary/aromatic N) is 2. The van der Waals surface area contributed by atoms with Gasteiger partial charge in [-0.1, -0.05) is 41.5 Å². The summed E-state index contributed by atoms with van der Waals surface area (Å²) in [6, 6.07) is 3.55. The zero-order chi connectivity index (χ0) is 13.3. The average molecular weight is 303 g/mol. The Kier molecular flexibility index (Phi) is 4.10. The summed E-state index contributed by atoms with van der Waals surface area (Å²) in [6.45, 7) is 4.49. The number of carbonyl (C=O) groups excluding carboxylic acids is 1. The second-order valence-electron chi connectivity index (χ2n) is 3.72. The van der Waals surface area contributed by atoms with E-state index in [9.17, 15) is 4.79 Å². The molecule has 2 rings (SSSR count). The molecule has 1 aromatic carbocycles. The molecule has 0 saturated carbocycles. The summed E-state index contributed by atoms with van der Waals surface area (Å²) in [5.41, 5.74) is 0.885. The third-order valence-electron chi connectivity index (χ3n) is 2.53. The highest BCUT2D eigenvalue weighted by atomic mass is 35.5. The number of rotatable bonds is 2. The van der Waals surface area contributed by atoms with E-state index in [0.717, 1.165) is 10.2 Å². The van der Waals surface area contributed by atoms with Crippen LogP contribution in [0.5, 0.6) is 0 Å². The van der Waals surface area contributed by atoms with E-state index in [-0.39, 0.29) is 5.91 Å². The largest absolute Gasteiger partial charge is 0.315 e. The molecule has 0 N–H and O–H groups in total. The molecule has 96 valence electrons. The predicted molar refractivity (Wildman–Crippen MR) is 76.4 cm³/mol. The Morgan fingerprint density at radius 3 is 2.72 bits per heavy atom. The molecule has 0 atom stereocenters. The number of fused-ring (bicyclic) bond motifs is 1. The van der Waals surface area contributed by atoms with Crippen LogP contribution in [-0.4, -0.2) is 10.5 Å². The number of halogens is 2. The van der Waals surface area contributed by atoms with Gasteiger partial charge in [0.2, 0.25) is 5.91 Å². The van der Waals surface area contributed by atoms with Gasteiger partial charge in [-0.2, -0.15) is 4.99 Å². The molecule has 0 spiro atoms. The van der Waals surface area contributed by atoms with Crippen LogP contribution in [0, 0.1) is 0 Å². The molecule has 0 bridgehead atoms. The summed E-state index contributed by atoms with van der Waals surface area (Å²) >= 11 is 13.6. The number of aryl methyl sites for hydroxylation is 1. The van der Waals surface area contributed by atoms with Gasteiger partial charge in [-0.05, 0) is 19.1 Å². The van der Waals surface area contributed by atoms with Crippen LogP contribution in [0.25, 0.3) is 10.2 Å². The highest BCUT2D eigenvalue weighted by molar-refractivity contribution is 7.16. The molecule has 0 aliphatic carbocycles. The minimum Gasteiger partial charge on any atom is -0.315 e. The van der Waals surface area contributed by atoms with Gasteiger partial charge in [0, 0.05) is 18.0 Å².